The van der Waals surface area contributed by atoms with E-state index in [2.05, 4.69) is 24.7 Å². The van der Waals surface area contributed by atoms with E-state index in [9.17, 15) is 13.2 Å². The van der Waals surface area contributed by atoms with E-state index in [-0.39, 0.29) is 23.1 Å². The number of carbonyl (C=O) groups excluding carboxylic acids is 1. The molecule has 2 aromatic rings. The molecule has 29 heavy (non-hydrogen) atoms. The minimum atomic E-state index is -3.67. The minimum Gasteiger partial charge on any atom is -0.460 e. The van der Waals surface area contributed by atoms with Gasteiger partial charge in [-0.1, -0.05) is 11.6 Å². The van der Waals surface area contributed by atoms with Crippen LogP contribution in [0.25, 0.3) is 0 Å². The molecule has 0 unspecified atom stereocenters. The fraction of sp³-hybridized carbons (Fsp3) is 0.389. The van der Waals surface area contributed by atoms with Crippen molar-refractivity contribution < 1.29 is 22.7 Å². The maximum Gasteiger partial charge on any atom is 0.411 e. The van der Waals surface area contributed by atoms with Crippen molar-refractivity contribution in [2.75, 3.05) is 12.4 Å². The van der Waals surface area contributed by atoms with Crippen LogP contribution in [0.4, 0.5) is 10.5 Å². The van der Waals surface area contributed by atoms with Crippen LogP contribution in [0.2, 0.25) is 5.02 Å². The van der Waals surface area contributed by atoms with Gasteiger partial charge >= 0.3 is 12.1 Å². The number of amides is 1. The number of methoxy groups -OCH3 is 1. The summed E-state index contributed by atoms with van der Waals surface area (Å²) in [6.45, 7) is 0. The maximum absolute atomic E-state index is 12.6. The van der Waals surface area contributed by atoms with Gasteiger partial charge in [0.25, 0.3) is 0 Å². The molecule has 0 aliphatic heterocycles. The summed E-state index contributed by atoms with van der Waals surface area (Å²) in [6, 6.07) is 5.95. The first-order valence-corrected chi connectivity index (χ1v) is 10.8. The van der Waals surface area contributed by atoms with Gasteiger partial charge in [0.1, 0.15) is 6.10 Å². The Bertz CT molecular complexity index is 930. The number of sulfonamides is 1. The summed E-state index contributed by atoms with van der Waals surface area (Å²) in [4.78, 5) is 19.3. The lowest BCUT2D eigenvalue weighted by Crippen LogP contribution is -2.39. The van der Waals surface area contributed by atoms with E-state index in [0.29, 0.717) is 36.4 Å². The van der Waals surface area contributed by atoms with Crippen LogP contribution in [0.1, 0.15) is 25.7 Å². The van der Waals surface area contributed by atoms with Crippen LogP contribution in [0, 0.1) is 0 Å². The van der Waals surface area contributed by atoms with E-state index >= 15 is 0 Å². The lowest BCUT2D eigenvalue weighted by atomic mass is 9.94. The highest BCUT2D eigenvalue weighted by Crippen LogP contribution is 2.24. The molecule has 1 aromatic heterocycles. The zero-order chi connectivity index (χ0) is 20.9. The van der Waals surface area contributed by atoms with Crippen molar-refractivity contribution in [3.05, 3.63) is 41.7 Å². The highest BCUT2D eigenvalue weighted by molar-refractivity contribution is 7.89. The first kappa shape index (κ1) is 21.3. The van der Waals surface area contributed by atoms with Crippen molar-refractivity contribution in [2.45, 2.75) is 42.7 Å². The number of rotatable bonds is 6. The first-order valence-electron chi connectivity index (χ1n) is 8.97. The Kier molecular flexibility index (Phi) is 6.88. The summed E-state index contributed by atoms with van der Waals surface area (Å²) < 4.78 is 38.2. The van der Waals surface area contributed by atoms with E-state index in [1.54, 1.807) is 0 Å². The SMILES string of the molecule is COC(=O)Nc1ccc(S(=O)(=O)NC2CCC(Oc3ncc(Cl)cn3)CC2)cc1. The second-order valence-corrected chi connectivity index (χ2v) is 8.69. The monoisotopic (exact) mass is 440 g/mol. The summed E-state index contributed by atoms with van der Waals surface area (Å²) in [7, 11) is -2.42. The largest absolute Gasteiger partial charge is 0.460 e. The van der Waals surface area contributed by atoms with Crippen LogP contribution in [-0.4, -0.2) is 43.7 Å². The van der Waals surface area contributed by atoms with Gasteiger partial charge in [0, 0.05) is 11.7 Å². The molecule has 0 bridgehead atoms. The molecular formula is C18H21ClN4O5S. The zero-order valence-corrected chi connectivity index (χ0v) is 17.2. The van der Waals surface area contributed by atoms with Gasteiger partial charge in [-0.05, 0) is 49.9 Å². The van der Waals surface area contributed by atoms with Gasteiger partial charge in [-0.2, -0.15) is 0 Å². The average molecular weight is 441 g/mol. The highest BCUT2D eigenvalue weighted by atomic mass is 35.5. The molecule has 1 amide bonds. The van der Waals surface area contributed by atoms with Crippen molar-refractivity contribution in [3.63, 3.8) is 0 Å². The molecule has 1 heterocycles. The summed E-state index contributed by atoms with van der Waals surface area (Å²) in [5.74, 6) is 0. The standard InChI is InChI=1S/C18H21ClN4O5S/c1-27-18(24)22-13-4-8-16(9-5-13)29(25,26)23-14-2-6-15(7-3-14)28-17-20-10-12(19)11-21-17/h4-5,8-11,14-15,23H,2-3,6-7H2,1H3,(H,22,24). The topological polar surface area (TPSA) is 120 Å². The normalized spacial score (nSPS) is 19.4. The van der Waals surface area contributed by atoms with Gasteiger partial charge in [-0.3, -0.25) is 5.32 Å². The Morgan fingerprint density at radius 2 is 1.72 bits per heavy atom. The van der Waals surface area contributed by atoms with Crippen molar-refractivity contribution in [2.24, 2.45) is 0 Å². The molecule has 9 nitrogen and oxygen atoms in total. The third kappa shape index (κ3) is 6.02. The average Bonchev–Trinajstić information content (AvgIpc) is 2.71. The van der Waals surface area contributed by atoms with Crippen LogP contribution in [0.5, 0.6) is 6.01 Å². The quantitative estimate of drug-likeness (QED) is 0.708. The van der Waals surface area contributed by atoms with Crippen LogP contribution in [0.15, 0.2) is 41.6 Å². The van der Waals surface area contributed by atoms with Crippen molar-refractivity contribution >= 4 is 33.4 Å². The molecule has 0 radical (unpaired) electrons. The number of aromatic nitrogens is 2. The van der Waals surface area contributed by atoms with E-state index < -0.39 is 16.1 Å². The van der Waals surface area contributed by atoms with E-state index in [1.807, 2.05) is 0 Å². The van der Waals surface area contributed by atoms with E-state index in [4.69, 9.17) is 16.3 Å². The number of halogens is 1. The minimum absolute atomic E-state index is 0.0689. The Morgan fingerprint density at radius 3 is 2.31 bits per heavy atom. The molecule has 1 saturated carbocycles. The first-order chi connectivity index (χ1) is 13.9. The van der Waals surface area contributed by atoms with Crippen molar-refractivity contribution in [1.29, 1.82) is 0 Å². The second kappa shape index (κ2) is 9.38. The fourth-order valence-electron chi connectivity index (χ4n) is 2.98. The third-order valence-electron chi connectivity index (χ3n) is 4.46. The van der Waals surface area contributed by atoms with Gasteiger partial charge in [-0.15, -0.1) is 0 Å². The molecule has 3 rings (SSSR count). The van der Waals surface area contributed by atoms with Crippen LogP contribution < -0.4 is 14.8 Å². The third-order valence-corrected chi connectivity index (χ3v) is 6.19. The molecule has 1 fully saturated rings. The lowest BCUT2D eigenvalue weighted by Gasteiger charge is -2.28. The van der Waals surface area contributed by atoms with Gasteiger partial charge in [0.2, 0.25) is 10.0 Å². The molecular weight excluding hydrogens is 420 g/mol. The number of ether oxygens (including phenoxy) is 2. The molecule has 1 aliphatic carbocycles. The summed E-state index contributed by atoms with van der Waals surface area (Å²) in [5, 5.41) is 2.91. The second-order valence-electron chi connectivity index (χ2n) is 6.54. The molecule has 156 valence electrons. The number of nitrogens with one attached hydrogen (secondary N) is 2. The van der Waals surface area contributed by atoms with E-state index in [0.717, 1.165) is 0 Å². The Hall–Kier alpha value is -2.43. The number of benzene rings is 1. The smallest absolute Gasteiger partial charge is 0.411 e. The summed E-state index contributed by atoms with van der Waals surface area (Å²) >= 11 is 5.75. The summed E-state index contributed by atoms with van der Waals surface area (Å²) in [6.07, 6.45) is 4.88. The van der Waals surface area contributed by atoms with Gasteiger partial charge < -0.3 is 9.47 Å². The van der Waals surface area contributed by atoms with Crippen LogP contribution in [0.3, 0.4) is 0 Å². The predicted octanol–water partition coefficient (Wildman–Crippen LogP) is 2.98. The lowest BCUT2D eigenvalue weighted by molar-refractivity contribution is 0.132. The fourth-order valence-corrected chi connectivity index (χ4v) is 4.39. The Balaban J connectivity index is 1.52. The number of carbonyl (C=O) groups is 1. The Labute approximate surface area is 173 Å². The molecule has 1 aromatic carbocycles. The molecule has 0 atom stereocenters. The van der Waals surface area contributed by atoms with Gasteiger partial charge in [-0.25, -0.2) is 27.9 Å². The molecule has 0 spiro atoms. The maximum atomic E-state index is 12.6. The zero-order valence-electron chi connectivity index (χ0n) is 15.7. The summed E-state index contributed by atoms with van der Waals surface area (Å²) in [5.41, 5.74) is 0.442. The molecule has 2 N–H and O–H groups in total. The molecule has 0 saturated heterocycles. The van der Waals surface area contributed by atoms with E-state index in [1.165, 1.54) is 43.8 Å². The predicted molar refractivity (Wildman–Crippen MR) is 107 cm³/mol. The Morgan fingerprint density at radius 1 is 1.10 bits per heavy atom. The molecule has 11 heteroatoms. The van der Waals surface area contributed by atoms with Crippen molar-refractivity contribution in [3.8, 4) is 6.01 Å². The highest BCUT2D eigenvalue weighted by Gasteiger charge is 2.27. The number of hydrogen-bond donors (Lipinski definition) is 2. The van der Waals surface area contributed by atoms with Crippen molar-refractivity contribution in [1.82, 2.24) is 14.7 Å². The molecule has 1 aliphatic rings. The van der Waals surface area contributed by atoms with Gasteiger partial charge in [0.15, 0.2) is 0 Å². The van der Waals surface area contributed by atoms with Crippen LogP contribution >= 0.6 is 11.6 Å². The number of nitrogens with zero attached hydrogens (tertiary/aromatic N) is 2. The number of anilines is 1. The van der Waals surface area contributed by atoms with Crippen LogP contribution in [-0.2, 0) is 14.8 Å². The number of hydrogen-bond acceptors (Lipinski definition) is 7. The van der Waals surface area contributed by atoms with Gasteiger partial charge in [0.05, 0.1) is 29.4 Å².